The van der Waals surface area contributed by atoms with Gasteiger partial charge in [-0.3, -0.25) is 4.79 Å². The zero-order chi connectivity index (χ0) is 15.5. The third-order valence-corrected chi connectivity index (χ3v) is 3.98. The third-order valence-electron chi connectivity index (χ3n) is 3.72. The summed E-state index contributed by atoms with van der Waals surface area (Å²) in [7, 11) is 0. The topological polar surface area (TPSA) is 66.6 Å². The molecule has 1 atom stereocenters. The van der Waals surface area contributed by atoms with Gasteiger partial charge in [0.2, 0.25) is 11.8 Å². The Morgan fingerprint density at radius 3 is 2.91 bits per heavy atom. The molecule has 1 N–H and O–H groups in total. The number of rotatable bonds is 3. The maximum Gasteiger partial charge on any atom is 0.228 e. The average molecular weight is 321 g/mol. The number of nitrogens with zero attached hydrogens (tertiary/aromatic N) is 2. The lowest BCUT2D eigenvalue weighted by atomic mass is 10.1. The van der Waals surface area contributed by atoms with E-state index in [4.69, 9.17) is 16.0 Å². The van der Waals surface area contributed by atoms with Crippen LogP contribution < -0.4 is 0 Å². The van der Waals surface area contributed by atoms with Gasteiger partial charge in [-0.1, -0.05) is 11.6 Å². The number of aromatic nitrogens is 1. The Kier molecular flexibility index (Phi) is 4.45. The Balaban J connectivity index is 1.66. The van der Waals surface area contributed by atoms with Crippen molar-refractivity contribution in [2.24, 2.45) is 0 Å². The quantitative estimate of drug-likeness (QED) is 0.943. The average Bonchev–Trinajstić information content (AvgIpc) is 2.96. The molecule has 2 heterocycles. The van der Waals surface area contributed by atoms with Gasteiger partial charge in [0.05, 0.1) is 18.2 Å². The monoisotopic (exact) mass is 320 g/mol. The van der Waals surface area contributed by atoms with Crippen molar-refractivity contribution in [1.29, 1.82) is 0 Å². The van der Waals surface area contributed by atoms with Crippen molar-refractivity contribution in [2.75, 3.05) is 13.1 Å². The highest BCUT2D eigenvalue weighted by Crippen LogP contribution is 2.21. The number of aliphatic hydroxyl groups excluding tert-OH is 1. The van der Waals surface area contributed by atoms with Crippen molar-refractivity contribution in [3.63, 3.8) is 0 Å². The zero-order valence-corrected chi connectivity index (χ0v) is 12.8. The normalized spacial score (nSPS) is 18.5. The van der Waals surface area contributed by atoms with E-state index < -0.39 is 6.10 Å². The zero-order valence-electron chi connectivity index (χ0n) is 12.0. The number of carbonyl (C=O) groups excluding carboxylic acids is 1. The SMILES string of the molecule is O=C(Cc1coc(-c2ccc(Cl)cc2)n1)N1CCCC(O)C1. The Bertz CT molecular complexity index is 654. The molecule has 1 aromatic heterocycles. The molecular weight excluding hydrogens is 304 g/mol. The molecule has 0 spiro atoms. The summed E-state index contributed by atoms with van der Waals surface area (Å²) in [6, 6.07) is 7.17. The second kappa shape index (κ2) is 6.50. The molecule has 0 bridgehead atoms. The maximum atomic E-state index is 12.2. The molecule has 1 amide bonds. The molecule has 2 aromatic rings. The van der Waals surface area contributed by atoms with Gasteiger partial charge in [-0.25, -0.2) is 4.98 Å². The van der Waals surface area contributed by atoms with E-state index in [-0.39, 0.29) is 12.3 Å². The maximum absolute atomic E-state index is 12.2. The molecule has 1 saturated heterocycles. The molecule has 6 heteroatoms. The van der Waals surface area contributed by atoms with Crippen LogP contribution in [0.25, 0.3) is 11.5 Å². The first-order chi connectivity index (χ1) is 10.6. The number of hydrogen-bond acceptors (Lipinski definition) is 4. The lowest BCUT2D eigenvalue weighted by Gasteiger charge is -2.29. The molecule has 1 aromatic carbocycles. The number of amides is 1. The van der Waals surface area contributed by atoms with Gasteiger partial charge in [-0.05, 0) is 37.1 Å². The molecule has 1 aliphatic rings. The fourth-order valence-corrected chi connectivity index (χ4v) is 2.69. The molecule has 5 nitrogen and oxygen atoms in total. The van der Waals surface area contributed by atoms with Crippen molar-refractivity contribution in [2.45, 2.75) is 25.4 Å². The van der Waals surface area contributed by atoms with Crippen LogP contribution in [0.2, 0.25) is 5.02 Å². The minimum atomic E-state index is -0.417. The van der Waals surface area contributed by atoms with Crippen LogP contribution >= 0.6 is 11.6 Å². The number of oxazole rings is 1. The van der Waals surface area contributed by atoms with Crippen LogP contribution in [0.1, 0.15) is 18.5 Å². The van der Waals surface area contributed by atoms with E-state index in [1.54, 1.807) is 17.0 Å². The molecule has 1 unspecified atom stereocenters. The highest BCUT2D eigenvalue weighted by molar-refractivity contribution is 6.30. The minimum absolute atomic E-state index is 0.0327. The summed E-state index contributed by atoms with van der Waals surface area (Å²) in [5.74, 6) is 0.438. The molecular formula is C16H17ClN2O3. The molecule has 0 radical (unpaired) electrons. The van der Waals surface area contributed by atoms with Crippen LogP contribution in [0.5, 0.6) is 0 Å². The van der Waals surface area contributed by atoms with Gasteiger partial charge >= 0.3 is 0 Å². The Morgan fingerprint density at radius 2 is 2.18 bits per heavy atom. The van der Waals surface area contributed by atoms with Crippen molar-refractivity contribution < 1.29 is 14.3 Å². The second-order valence-electron chi connectivity index (χ2n) is 5.46. The predicted molar refractivity (Wildman–Crippen MR) is 82.5 cm³/mol. The fourth-order valence-electron chi connectivity index (χ4n) is 2.56. The molecule has 0 aliphatic carbocycles. The van der Waals surface area contributed by atoms with Gasteiger partial charge in [0, 0.05) is 23.7 Å². The number of piperidine rings is 1. The number of halogens is 1. The largest absolute Gasteiger partial charge is 0.444 e. The van der Waals surface area contributed by atoms with E-state index in [0.717, 1.165) is 18.4 Å². The number of benzene rings is 1. The van der Waals surface area contributed by atoms with Crippen LogP contribution in [-0.2, 0) is 11.2 Å². The van der Waals surface area contributed by atoms with Crippen LogP contribution in [0.4, 0.5) is 0 Å². The van der Waals surface area contributed by atoms with Crippen LogP contribution in [-0.4, -0.2) is 40.1 Å². The molecule has 116 valence electrons. The van der Waals surface area contributed by atoms with E-state index in [9.17, 15) is 9.90 Å². The minimum Gasteiger partial charge on any atom is -0.444 e. The number of likely N-dealkylation sites (tertiary alicyclic amines) is 1. The van der Waals surface area contributed by atoms with Gasteiger partial charge in [0.25, 0.3) is 0 Å². The lowest BCUT2D eigenvalue weighted by Crippen LogP contribution is -2.42. The van der Waals surface area contributed by atoms with Crippen molar-refractivity contribution in [3.8, 4) is 11.5 Å². The van der Waals surface area contributed by atoms with E-state index in [1.807, 2.05) is 12.1 Å². The van der Waals surface area contributed by atoms with Crippen LogP contribution in [0, 0.1) is 0 Å². The predicted octanol–water partition coefficient (Wildman–Crippen LogP) is 2.52. The molecule has 3 rings (SSSR count). The van der Waals surface area contributed by atoms with Gasteiger partial charge in [-0.15, -0.1) is 0 Å². The summed E-state index contributed by atoms with van der Waals surface area (Å²) in [5, 5.41) is 10.3. The van der Waals surface area contributed by atoms with Gasteiger partial charge < -0.3 is 14.4 Å². The molecule has 22 heavy (non-hydrogen) atoms. The smallest absolute Gasteiger partial charge is 0.228 e. The Hall–Kier alpha value is -1.85. The summed E-state index contributed by atoms with van der Waals surface area (Å²) >= 11 is 5.85. The number of hydrogen-bond donors (Lipinski definition) is 1. The van der Waals surface area contributed by atoms with Crippen LogP contribution in [0.15, 0.2) is 34.9 Å². The molecule has 1 aliphatic heterocycles. The summed E-state index contributed by atoms with van der Waals surface area (Å²) in [5.41, 5.74) is 1.41. The molecule has 0 saturated carbocycles. The Morgan fingerprint density at radius 1 is 1.41 bits per heavy atom. The molecule has 1 fully saturated rings. The van der Waals surface area contributed by atoms with Gasteiger partial charge in [0.1, 0.15) is 6.26 Å². The third kappa shape index (κ3) is 3.48. The van der Waals surface area contributed by atoms with Gasteiger partial charge in [-0.2, -0.15) is 0 Å². The first-order valence-corrected chi connectivity index (χ1v) is 7.66. The summed E-state index contributed by atoms with van der Waals surface area (Å²) in [6.45, 7) is 1.10. The van der Waals surface area contributed by atoms with E-state index in [1.165, 1.54) is 6.26 Å². The lowest BCUT2D eigenvalue weighted by molar-refractivity contribution is -0.133. The van der Waals surface area contributed by atoms with E-state index in [0.29, 0.717) is 29.7 Å². The number of aliphatic hydroxyl groups is 1. The number of carbonyl (C=O) groups is 1. The standard InChI is InChI=1S/C16H17ClN2O3/c17-12-5-3-11(4-6-12)16-18-13(10-22-16)8-15(21)19-7-1-2-14(20)9-19/h3-6,10,14,20H,1-2,7-9H2. The van der Waals surface area contributed by atoms with Gasteiger partial charge in [0.15, 0.2) is 0 Å². The fraction of sp³-hybridized carbons (Fsp3) is 0.375. The highest BCUT2D eigenvalue weighted by Gasteiger charge is 2.23. The van der Waals surface area contributed by atoms with E-state index in [2.05, 4.69) is 4.98 Å². The first kappa shape index (κ1) is 15.1. The first-order valence-electron chi connectivity index (χ1n) is 7.28. The second-order valence-corrected chi connectivity index (χ2v) is 5.90. The summed E-state index contributed by atoms with van der Waals surface area (Å²) in [4.78, 5) is 18.2. The highest BCUT2D eigenvalue weighted by atomic mass is 35.5. The number of β-amino-alcohol motifs (C(OH)–C–C–N with tert-alkyl or cyclic N) is 1. The summed E-state index contributed by atoms with van der Waals surface area (Å²) < 4.78 is 5.43. The van der Waals surface area contributed by atoms with Crippen LogP contribution in [0.3, 0.4) is 0 Å². The van der Waals surface area contributed by atoms with E-state index >= 15 is 0 Å². The van der Waals surface area contributed by atoms with Crippen molar-refractivity contribution in [3.05, 3.63) is 41.2 Å². The summed E-state index contributed by atoms with van der Waals surface area (Å²) in [6.07, 6.45) is 2.86. The van der Waals surface area contributed by atoms with Crippen molar-refractivity contribution in [1.82, 2.24) is 9.88 Å². The Labute approximate surface area is 133 Å². The van der Waals surface area contributed by atoms with Crippen molar-refractivity contribution >= 4 is 17.5 Å².